The fourth-order valence-corrected chi connectivity index (χ4v) is 3.98. The van der Waals surface area contributed by atoms with Crippen molar-refractivity contribution in [3.8, 4) is 5.75 Å². The molecule has 2 saturated heterocycles. The van der Waals surface area contributed by atoms with Crippen molar-refractivity contribution in [2.45, 2.75) is 25.7 Å². The zero-order chi connectivity index (χ0) is 16.9. The molecule has 0 unspecified atom stereocenters. The van der Waals surface area contributed by atoms with Gasteiger partial charge in [0.05, 0.1) is 6.61 Å². The van der Waals surface area contributed by atoms with Crippen molar-refractivity contribution >= 4 is 41.5 Å². The van der Waals surface area contributed by atoms with E-state index < -0.39 is 0 Å². The van der Waals surface area contributed by atoms with Crippen molar-refractivity contribution in [1.29, 1.82) is 0 Å². The number of benzene rings is 1. The van der Waals surface area contributed by atoms with Gasteiger partial charge in [-0.1, -0.05) is 23.2 Å². The lowest BCUT2D eigenvalue weighted by Crippen LogP contribution is -2.45. The molecule has 7 heteroatoms. The maximum atomic E-state index is 12.6. The first-order valence-electron chi connectivity index (χ1n) is 8.70. The number of piperidine rings is 2. The summed E-state index contributed by atoms with van der Waals surface area (Å²) in [7, 11) is 0. The molecule has 0 radical (unpaired) electrons. The van der Waals surface area contributed by atoms with E-state index in [9.17, 15) is 4.79 Å². The predicted octanol–water partition coefficient (Wildman–Crippen LogP) is 4.03. The Kier molecular flexibility index (Phi) is 8.14. The number of nitrogens with zero attached hydrogens (tertiary/aromatic N) is 1. The van der Waals surface area contributed by atoms with Crippen LogP contribution in [0.5, 0.6) is 5.75 Å². The van der Waals surface area contributed by atoms with E-state index in [1.807, 2.05) is 4.90 Å². The third kappa shape index (κ3) is 5.92. The number of hydrogen-bond acceptors (Lipinski definition) is 3. The lowest BCUT2D eigenvalue weighted by Gasteiger charge is -2.35. The Labute approximate surface area is 165 Å². The monoisotopic (exact) mass is 406 g/mol. The zero-order valence-electron chi connectivity index (χ0n) is 14.2. The quantitative estimate of drug-likeness (QED) is 0.819. The molecule has 1 aromatic rings. The van der Waals surface area contributed by atoms with Gasteiger partial charge in [-0.2, -0.15) is 0 Å². The minimum absolute atomic E-state index is 0. The van der Waals surface area contributed by atoms with Crippen LogP contribution in [0.2, 0.25) is 10.0 Å². The lowest BCUT2D eigenvalue weighted by molar-refractivity contribution is -0.137. The van der Waals surface area contributed by atoms with E-state index in [-0.39, 0.29) is 18.3 Å². The molecule has 1 N–H and O–H groups in total. The van der Waals surface area contributed by atoms with Crippen molar-refractivity contribution in [3.63, 3.8) is 0 Å². The van der Waals surface area contributed by atoms with Crippen molar-refractivity contribution in [3.05, 3.63) is 28.2 Å². The van der Waals surface area contributed by atoms with Crippen LogP contribution in [0, 0.1) is 11.8 Å². The first-order chi connectivity index (χ1) is 11.6. The van der Waals surface area contributed by atoms with E-state index >= 15 is 0 Å². The summed E-state index contributed by atoms with van der Waals surface area (Å²) in [4.78, 5) is 14.6. The molecule has 0 saturated carbocycles. The summed E-state index contributed by atoms with van der Waals surface area (Å²) >= 11 is 12.0. The molecule has 0 aliphatic carbocycles. The lowest BCUT2D eigenvalue weighted by atomic mass is 9.93. The van der Waals surface area contributed by atoms with Crippen LogP contribution in [0.25, 0.3) is 0 Å². The van der Waals surface area contributed by atoms with Gasteiger partial charge in [-0.15, -0.1) is 12.4 Å². The SMILES string of the molecule is Cl.O=C(C1CCNCC1)N1CCC(COc2cc(Cl)cc(Cl)c2)CC1. The maximum absolute atomic E-state index is 12.6. The highest BCUT2D eigenvalue weighted by molar-refractivity contribution is 6.34. The Hall–Kier alpha value is -0.680. The fraction of sp³-hybridized carbons (Fsp3) is 0.611. The van der Waals surface area contributed by atoms with E-state index in [1.165, 1.54) is 0 Å². The molecule has 1 aromatic carbocycles. The van der Waals surface area contributed by atoms with Gasteiger partial charge in [-0.05, 0) is 62.9 Å². The second-order valence-corrected chi connectivity index (χ2v) is 7.58. The van der Waals surface area contributed by atoms with Crippen LogP contribution in [0.1, 0.15) is 25.7 Å². The van der Waals surface area contributed by atoms with E-state index in [1.54, 1.807) is 18.2 Å². The summed E-state index contributed by atoms with van der Waals surface area (Å²) in [5.74, 6) is 1.74. The summed E-state index contributed by atoms with van der Waals surface area (Å²) < 4.78 is 5.84. The van der Waals surface area contributed by atoms with Gasteiger partial charge < -0.3 is 15.0 Å². The van der Waals surface area contributed by atoms with Crippen LogP contribution in [0.4, 0.5) is 0 Å². The third-order valence-electron chi connectivity index (χ3n) is 4.94. The van der Waals surface area contributed by atoms with E-state index in [0.717, 1.165) is 51.9 Å². The number of carbonyl (C=O) groups excluding carboxylic acids is 1. The summed E-state index contributed by atoms with van der Waals surface area (Å²) in [6.07, 6.45) is 3.92. The summed E-state index contributed by atoms with van der Waals surface area (Å²) in [5, 5.41) is 4.48. The average Bonchev–Trinajstić information content (AvgIpc) is 2.60. The van der Waals surface area contributed by atoms with Gasteiger partial charge >= 0.3 is 0 Å². The molecule has 2 aliphatic heterocycles. The molecule has 2 heterocycles. The number of likely N-dealkylation sites (tertiary alicyclic amines) is 1. The standard InChI is InChI=1S/C18H24Cl2N2O2.ClH/c19-15-9-16(20)11-17(10-15)24-12-13-3-7-22(8-4-13)18(23)14-1-5-21-6-2-14;/h9-11,13-14,21H,1-8,12H2;1H. The third-order valence-corrected chi connectivity index (χ3v) is 5.37. The smallest absolute Gasteiger partial charge is 0.225 e. The van der Waals surface area contributed by atoms with Gasteiger partial charge in [0.1, 0.15) is 5.75 Å². The average molecular weight is 408 g/mol. The van der Waals surface area contributed by atoms with Crippen molar-refractivity contribution in [2.24, 2.45) is 11.8 Å². The first kappa shape index (κ1) is 20.6. The Morgan fingerprint density at radius 3 is 2.28 bits per heavy atom. The Balaban J connectivity index is 0.00000225. The van der Waals surface area contributed by atoms with Gasteiger partial charge in [0.2, 0.25) is 5.91 Å². The van der Waals surface area contributed by atoms with Gasteiger partial charge in [-0.3, -0.25) is 4.79 Å². The fourth-order valence-electron chi connectivity index (χ4n) is 3.47. The Morgan fingerprint density at radius 2 is 1.68 bits per heavy atom. The Morgan fingerprint density at radius 1 is 1.08 bits per heavy atom. The number of rotatable bonds is 4. The van der Waals surface area contributed by atoms with Gasteiger partial charge in [0.25, 0.3) is 0 Å². The highest BCUT2D eigenvalue weighted by Crippen LogP contribution is 2.26. The molecule has 2 fully saturated rings. The highest BCUT2D eigenvalue weighted by Gasteiger charge is 2.29. The largest absolute Gasteiger partial charge is 0.493 e. The maximum Gasteiger partial charge on any atom is 0.225 e. The summed E-state index contributed by atoms with van der Waals surface area (Å²) in [6.45, 7) is 4.25. The number of halogens is 3. The molecular formula is C18H25Cl3N2O2. The summed E-state index contributed by atoms with van der Waals surface area (Å²) in [6, 6.07) is 5.26. The van der Waals surface area contributed by atoms with Gasteiger partial charge in [-0.25, -0.2) is 0 Å². The van der Waals surface area contributed by atoms with Gasteiger partial charge in [0, 0.05) is 29.1 Å². The normalized spacial score (nSPS) is 19.4. The molecule has 2 aliphatic rings. The Bertz CT molecular complexity index is 551. The van der Waals surface area contributed by atoms with Crippen LogP contribution >= 0.6 is 35.6 Å². The topological polar surface area (TPSA) is 41.6 Å². The minimum atomic E-state index is 0. The van der Waals surface area contributed by atoms with Crippen LogP contribution < -0.4 is 10.1 Å². The number of amides is 1. The second-order valence-electron chi connectivity index (χ2n) is 6.71. The molecule has 1 amide bonds. The molecule has 25 heavy (non-hydrogen) atoms. The summed E-state index contributed by atoms with van der Waals surface area (Å²) in [5.41, 5.74) is 0. The number of nitrogens with one attached hydrogen (secondary N) is 1. The van der Waals surface area contributed by atoms with E-state index in [2.05, 4.69) is 5.32 Å². The number of hydrogen-bond donors (Lipinski definition) is 1. The molecular weight excluding hydrogens is 383 g/mol. The number of ether oxygens (including phenoxy) is 1. The number of carbonyl (C=O) groups is 1. The van der Waals surface area contributed by atoms with Gasteiger partial charge in [0.15, 0.2) is 0 Å². The van der Waals surface area contributed by atoms with Crippen LogP contribution in [0.15, 0.2) is 18.2 Å². The van der Waals surface area contributed by atoms with E-state index in [4.69, 9.17) is 27.9 Å². The van der Waals surface area contributed by atoms with Crippen molar-refractivity contribution < 1.29 is 9.53 Å². The highest BCUT2D eigenvalue weighted by atomic mass is 35.5. The molecule has 0 bridgehead atoms. The first-order valence-corrected chi connectivity index (χ1v) is 9.46. The second kappa shape index (κ2) is 9.86. The minimum Gasteiger partial charge on any atom is -0.493 e. The van der Waals surface area contributed by atoms with Crippen molar-refractivity contribution in [2.75, 3.05) is 32.8 Å². The molecule has 4 nitrogen and oxygen atoms in total. The molecule has 0 spiro atoms. The van der Waals surface area contributed by atoms with Crippen LogP contribution in [-0.4, -0.2) is 43.6 Å². The van der Waals surface area contributed by atoms with Crippen LogP contribution in [-0.2, 0) is 4.79 Å². The molecule has 140 valence electrons. The predicted molar refractivity (Wildman–Crippen MR) is 104 cm³/mol. The zero-order valence-corrected chi connectivity index (χ0v) is 16.5. The van der Waals surface area contributed by atoms with Crippen LogP contribution in [0.3, 0.4) is 0 Å². The van der Waals surface area contributed by atoms with E-state index in [0.29, 0.717) is 34.2 Å². The molecule has 3 rings (SSSR count). The molecule has 0 atom stereocenters. The van der Waals surface area contributed by atoms with Crippen molar-refractivity contribution in [1.82, 2.24) is 10.2 Å². The molecule has 0 aromatic heterocycles.